The van der Waals surface area contributed by atoms with Gasteiger partial charge in [-0.1, -0.05) is 20.8 Å². The van der Waals surface area contributed by atoms with Crippen LogP contribution in [0.3, 0.4) is 0 Å². The van der Waals surface area contributed by atoms with E-state index in [4.69, 9.17) is 9.15 Å². The van der Waals surface area contributed by atoms with E-state index in [1.807, 2.05) is 13.8 Å². The van der Waals surface area contributed by atoms with Crippen molar-refractivity contribution >= 4 is 16.9 Å². The molecule has 1 aromatic carbocycles. The van der Waals surface area contributed by atoms with Gasteiger partial charge in [0.1, 0.15) is 22.7 Å². The summed E-state index contributed by atoms with van der Waals surface area (Å²) in [7, 11) is 2.56. The normalized spacial score (nSPS) is 11.0. The van der Waals surface area contributed by atoms with Gasteiger partial charge in [0.2, 0.25) is 5.89 Å². The number of aromatic nitrogens is 2. The first-order valence-electron chi connectivity index (χ1n) is 8.93. The van der Waals surface area contributed by atoms with Gasteiger partial charge in [-0.15, -0.1) is 0 Å². The summed E-state index contributed by atoms with van der Waals surface area (Å²) in [5, 5.41) is 0.350. The topological polar surface area (TPSA) is 74.5 Å². The second-order valence-corrected chi connectivity index (χ2v) is 5.54. The molecular weight excluding hydrogens is 389 g/mol. The number of hydrogen-bond donors (Lipinski definition) is 0. The molecule has 3 aromatic rings. The molecule has 0 N–H and O–H groups in total. The van der Waals surface area contributed by atoms with Gasteiger partial charge in [0.05, 0.1) is 14.2 Å². The molecule has 9 heteroatoms. The third kappa shape index (κ3) is 4.33. The lowest BCUT2D eigenvalue weighted by molar-refractivity contribution is -0.140. The Balaban J connectivity index is 0.00000145. The molecule has 0 unspecified atom stereocenters. The lowest BCUT2D eigenvalue weighted by atomic mass is 10.1. The van der Waals surface area contributed by atoms with E-state index in [1.165, 1.54) is 26.4 Å². The Labute approximate surface area is 165 Å². The summed E-state index contributed by atoms with van der Waals surface area (Å²) in [6, 6.07) is 5.20. The fourth-order valence-electron chi connectivity index (χ4n) is 2.66. The fraction of sp³-hybridized carbons (Fsp3) is 0.350. The van der Waals surface area contributed by atoms with Gasteiger partial charge in [-0.05, 0) is 24.3 Å². The van der Waals surface area contributed by atoms with E-state index in [0.29, 0.717) is 23.1 Å². The highest BCUT2D eigenvalue weighted by Gasteiger charge is 2.33. The van der Waals surface area contributed by atoms with Crippen LogP contribution >= 0.6 is 0 Å². The smallest absolute Gasteiger partial charge is 0.433 e. The largest absolute Gasteiger partial charge is 0.494 e. The summed E-state index contributed by atoms with van der Waals surface area (Å²) >= 11 is 0. The van der Waals surface area contributed by atoms with E-state index in [0.717, 1.165) is 6.07 Å². The highest BCUT2D eigenvalue weighted by atomic mass is 19.4. The van der Waals surface area contributed by atoms with Crippen LogP contribution < -0.4 is 4.74 Å². The van der Waals surface area contributed by atoms with Crippen LogP contribution in [0, 0.1) is 0 Å². The second-order valence-electron chi connectivity index (χ2n) is 5.54. The van der Waals surface area contributed by atoms with Crippen molar-refractivity contribution in [3.8, 4) is 17.2 Å². The molecule has 6 nitrogen and oxygen atoms in total. The Kier molecular flexibility index (Phi) is 6.84. The minimum absolute atomic E-state index is 0.0145. The number of pyridine rings is 1. The molecule has 0 saturated heterocycles. The van der Waals surface area contributed by atoms with Gasteiger partial charge in [0, 0.05) is 17.4 Å². The molecular formula is C20H21F3N2O4. The number of alkyl halides is 3. The van der Waals surface area contributed by atoms with Crippen molar-refractivity contribution in [1.29, 1.82) is 0 Å². The van der Waals surface area contributed by atoms with Crippen LogP contribution in [0.4, 0.5) is 13.2 Å². The number of oxazole rings is 1. The summed E-state index contributed by atoms with van der Waals surface area (Å²) in [4.78, 5) is 19.7. The Hall–Kier alpha value is -3.10. The molecule has 0 amide bonds. The molecule has 0 saturated carbocycles. The predicted octanol–water partition coefficient (Wildman–Crippen LogP) is 5.29. The molecule has 3 rings (SSSR count). The fourth-order valence-corrected chi connectivity index (χ4v) is 2.66. The summed E-state index contributed by atoms with van der Waals surface area (Å²) in [6.45, 7) is 5.78. The number of carbonyl (C=O) groups excluding carboxylic acids is 1. The molecule has 0 spiro atoms. The minimum Gasteiger partial charge on any atom is -0.494 e. The highest BCUT2D eigenvalue weighted by Crippen LogP contribution is 2.37. The molecule has 0 fully saturated rings. The summed E-state index contributed by atoms with van der Waals surface area (Å²) < 4.78 is 54.5. The van der Waals surface area contributed by atoms with Crippen LogP contribution in [-0.4, -0.2) is 30.2 Å². The molecule has 29 heavy (non-hydrogen) atoms. The summed E-state index contributed by atoms with van der Waals surface area (Å²) in [5.41, 5.74) is -0.612. The molecule has 156 valence electrons. The Morgan fingerprint density at radius 2 is 1.79 bits per heavy atom. The van der Waals surface area contributed by atoms with Crippen molar-refractivity contribution in [3.63, 3.8) is 0 Å². The third-order valence-electron chi connectivity index (χ3n) is 3.96. The number of carbonyl (C=O) groups is 1. The number of ether oxygens (including phenoxy) is 2. The van der Waals surface area contributed by atoms with Crippen LogP contribution in [0.5, 0.6) is 5.75 Å². The Bertz CT molecular complexity index is 1010. The van der Waals surface area contributed by atoms with Crippen LogP contribution in [-0.2, 0) is 17.3 Å². The van der Waals surface area contributed by atoms with Gasteiger partial charge >= 0.3 is 12.1 Å². The number of rotatable bonds is 4. The maximum Gasteiger partial charge on any atom is 0.433 e. The maximum absolute atomic E-state index is 13.0. The Morgan fingerprint density at radius 3 is 2.34 bits per heavy atom. The van der Waals surface area contributed by atoms with Crippen LogP contribution in [0.25, 0.3) is 22.4 Å². The zero-order chi connectivity index (χ0) is 21.8. The lowest BCUT2D eigenvalue weighted by Crippen LogP contribution is -2.08. The van der Waals surface area contributed by atoms with Gasteiger partial charge in [-0.2, -0.15) is 13.2 Å². The summed E-state index contributed by atoms with van der Waals surface area (Å²) in [6.07, 6.45) is -4.20. The van der Waals surface area contributed by atoms with Crippen molar-refractivity contribution in [2.45, 2.75) is 33.4 Å². The van der Waals surface area contributed by atoms with Crippen molar-refractivity contribution < 1.29 is 31.9 Å². The monoisotopic (exact) mass is 410 g/mol. The van der Waals surface area contributed by atoms with Crippen molar-refractivity contribution in [2.75, 3.05) is 14.2 Å². The van der Waals surface area contributed by atoms with E-state index >= 15 is 0 Å². The number of benzene rings is 1. The number of methoxy groups -OCH3 is 2. The number of esters is 1. The zero-order valence-corrected chi connectivity index (χ0v) is 16.7. The highest BCUT2D eigenvalue weighted by molar-refractivity contribution is 5.97. The lowest BCUT2D eigenvalue weighted by Gasteiger charge is -2.11. The van der Waals surface area contributed by atoms with E-state index in [1.54, 1.807) is 13.0 Å². The number of fused-ring (bicyclic) bond motifs is 1. The van der Waals surface area contributed by atoms with Crippen molar-refractivity contribution in [1.82, 2.24) is 9.97 Å². The first-order chi connectivity index (χ1) is 13.8. The third-order valence-corrected chi connectivity index (χ3v) is 3.96. The van der Waals surface area contributed by atoms with Gasteiger partial charge < -0.3 is 13.9 Å². The van der Waals surface area contributed by atoms with Crippen LogP contribution in [0.1, 0.15) is 42.7 Å². The van der Waals surface area contributed by atoms with Crippen molar-refractivity contribution in [2.24, 2.45) is 0 Å². The number of halogens is 3. The van der Waals surface area contributed by atoms with Gasteiger partial charge in [0.25, 0.3) is 0 Å². The van der Waals surface area contributed by atoms with E-state index < -0.39 is 17.8 Å². The molecule has 0 aliphatic heterocycles. The van der Waals surface area contributed by atoms with Crippen LogP contribution in [0.2, 0.25) is 0 Å². The first kappa shape index (κ1) is 22.2. The van der Waals surface area contributed by atoms with Crippen LogP contribution in [0.15, 0.2) is 28.7 Å². The quantitative estimate of drug-likeness (QED) is 0.544. The van der Waals surface area contributed by atoms with Crippen molar-refractivity contribution in [3.05, 3.63) is 41.4 Å². The van der Waals surface area contributed by atoms with E-state index in [2.05, 4.69) is 14.7 Å². The molecule has 0 atom stereocenters. The first-order valence-corrected chi connectivity index (χ1v) is 8.93. The molecule has 0 aliphatic rings. The molecule has 0 radical (unpaired) electrons. The average Bonchev–Trinajstić information content (AvgIpc) is 3.17. The maximum atomic E-state index is 13.0. The molecule has 0 bridgehead atoms. The average molecular weight is 410 g/mol. The Morgan fingerprint density at radius 1 is 1.10 bits per heavy atom. The van der Waals surface area contributed by atoms with Gasteiger partial charge in [-0.3, -0.25) is 0 Å². The minimum atomic E-state index is -4.59. The predicted molar refractivity (Wildman–Crippen MR) is 101 cm³/mol. The number of aryl methyl sites for hydroxylation is 1. The van der Waals surface area contributed by atoms with E-state index in [-0.39, 0.29) is 22.9 Å². The molecule has 0 aliphatic carbocycles. The number of nitrogens with zero attached hydrogens (tertiary/aromatic N) is 2. The summed E-state index contributed by atoms with van der Waals surface area (Å²) in [5.74, 6) is -0.0744. The molecule has 2 aromatic heterocycles. The second kappa shape index (κ2) is 8.93. The zero-order valence-electron chi connectivity index (χ0n) is 16.7. The van der Waals surface area contributed by atoms with E-state index in [9.17, 15) is 18.0 Å². The number of hydrogen-bond acceptors (Lipinski definition) is 6. The van der Waals surface area contributed by atoms with Gasteiger partial charge in [-0.25, -0.2) is 14.8 Å². The van der Waals surface area contributed by atoms with Gasteiger partial charge in [0.15, 0.2) is 5.69 Å². The molecule has 2 heterocycles. The SMILES string of the molecule is CC.CCc1oc(-c2ccc(OC)c3nc(C(F)(F)F)ccc23)nc1C(=O)OC. The standard InChI is InChI=1S/C18H15F3N2O4.C2H6/c1-4-11-15(17(24)26-3)23-16(27-11)10-5-7-12(25-2)14-9(10)6-8-13(22-14)18(19,20)21;1-2/h5-8H,4H2,1-3H3;1-2H3.